The van der Waals surface area contributed by atoms with Crippen LogP contribution in [-0.4, -0.2) is 32.7 Å². The molecule has 3 aromatic heterocycles. The molecule has 162 valence electrons. The number of anilines is 1. The Kier molecular flexibility index (Phi) is 4.28. The second kappa shape index (κ2) is 7.08. The molecule has 32 heavy (non-hydrogen) atoms. The summed E-state index contributed by atoms with van der Waals surface area (Å²) in [5.41, 5.74) is 5.27. The Labute approximate surface area is 184 Å². The lowest BCUT2D eigenvalue weighted by atomic mass is 9.76. The third-order valence-electron chi connectivity index (χ3n) is 7.10. The van der Waals surface area contributed by atoms with E-state index < -0.39 is 11.6 Å². The normalized spacial score (nSPS) is 17.3. The summed E-state index contributed by atoms with van der Waals surface area (Å²) < 4.78 is 29.7. The van der Waals surface area contributed by atoms with E-state index in [4.69, 9.17) is 4.98 Å². The van der Waals surface area contributed by atoms with E-state index in [2.05, 4.69) is 21.0 Å². The van der Waals surface area contributed by atoms with Crippen LogP contribution in [0, 0.1) is 24.0 Å². The highest BCUT2D eigenvalue weighted by Crippen LogP contribution is 2.45. The van der Waals surface area contributed by atoms with Crippen LogP contribution in [0.3, 0.4) is 0 Å². The monoisotopic (exact) mass is 431 g/mol. The van der Waals surface area contributed by atoms with Gasteiger partial charge in [0, 0.05) is 36.6 Å². The lowest BCUT2D eigenvalue weighted by Crippen LogP contribution is -2.41. The number of aryl methyl sites for hydroxylation is 1. The van der Waals surface area contributed by atoms with E-state index in [1.807, 2.05) is 25.3 Å². The van der Waals surface area contributed by atoms with Crippen LogP contribution in [0.25, 0.3) is 16.8 Å². The molecule has 1 saturated heterocycles. The van der Waals surface area contributed by atoms with Gasteiger partial charge in [-0.2, -0.15) is 5.10 Å². The van der Waals surface area contributed by atoms with Crippen LogP contribution >= 0.6 is 0 Å². The molecule has 0 atom stereocenters. The number of rotatable bonds is 2. The van der Waals surface area contributed by atoms with Gasteiger partial charge in [0.15, 0.2) is 5.82 Å². The largest absolute Gasteiger partial charge is 0.355 e. The van der Waals surface area contributed by atoms with Crippen LogP contribution in [-0.2, 0) is 12.8 Å². The zero-order chi connectivity index (χ0) is 21.9. The van der Waals surface area contributed by atoms with Crippen molar-refractivity contribution in [1.29, 1.82) is 0 Å². The van der Waals surface area contributed by atoms with Gasteiger partial charge in [-0.15, -0.1) is 0 Å². The smallest absolute Gasteiger partial charge is 0.155 e. The van der Waals surface area contributed by atoms with Gasteiger partial charge < -0.3 is 4.90 Å². The first kappa shape index (κ1) is 19.3. The molecule has 0 saturated carbocycles. The topological polar surface area (TPSA) is 46.3 Å². The number of aromatic nitrogens is 4. The lowest BCUT2D eigenvalue weighted by molar-refractivity contribution is 0.231. The minimum atomic E-state index is -0.617. The van der Waals surface area contributed by atoms with Gasteiger partial charge in [0.05, 0.1) is 17.6 Å². The fourth-order valence-electron chi connectivity index (χ4n) is 5.46. The summed E-state index contributed by atoms with van der Waals surface area (Å²) in [6.07, 6.45) is 7.91. The predicted octanol–water partition coefficient (Wildman–Crippen LogP) is 4.76. The summed E-state index contributed by atoms with van der Waals surface area (Å²) in [5.74, 6) is -0.347. The molecule has 1 aromatic carbocycles. The molecule has 5 nitrogen and oxygen atoms in total. The molecule has 1 aliphatic carbocycles. The quantitative estimate of drug-likeness (QED) is 0.459. The van der Waals surface area contributed by atoms with Crippen LogP contribution < -0.4 is 4.90 Å². The Morgan fingerprint density at radius 2 is 1.84 bits per heavy atom. The van der Waals surface area contributed by atoms with Gasteiger partial charge in [-0.1, -0.05) is 6.07 Å². The predicted molar refractivity (Wildman–Crippen MR) is 119 cm³/mol. The van der Waals surface area contributed by atoms with Crippen LogP contribution in [0.5, 0.6) is 0 Å². The fourth-order valence-corrected chi connectivity index (χ4v) is 5.46. The molecule has 2 aliphatic rings. The number of hydrogen-bond acceptors (Lipinski definition) is 4. The van der Waals surface area contributed by atoms with Crippen molar-refractivity contribution in [2.45, 2.75) is 32.6 Å². The Morgan fingerprint density at radius 1 is 1.00 bits per heavy atom. The summed E-state index contributed by atoms with van der Waals surface area (Å²) in [6.45, 7) is 3.67. The molecule has 1 fully saturated rings. The standard InChI is InChI=1S/C25H23F2N5/c1-16-23(19-5-4-18(26)13-20(19)27)32-22(6-10-29-32)24(30-16)31-11-7-25(8-12-31)14-17-3-2-9-28-21(17)15-25/h2-6,9-10,13H,7-8,11-12,14-15H2,1H3. The summed E-state index contributed by atoms with van der Waals surface area (Å²) in [5, 5.41) is 4.45. The van der Waals surface area contributed by atoms with Crippen molar-refractivity contribution in [2.75, 3.05) is 18.0 Å². The van der Waals surface area contributed by atoms with Crippen molar-refractivity contribution < 1.29 is 8.78 Å². The number of pyridine rings is 1. The average Bonchev–Trinajstić information content (AvgIpc) is 3.39. The Balaban J connectivity index is 1.33. The molecule has 0 bridgehead atoms. The number of halogens is 2. The van der Waals surface area contributed by atoms with Gasteiger partial charge in [-0.3, -0.25) is 4.98 Å². The fraction of sp³-hybridized carbons (Fsp3) is 0.320. The highest BCUT2D eigenvalue weighted by Gasteiger charge is 2.41. The van der Waals surface area contributed by atoms with Crippen LogP contribution in [0.15, 0.2) is 48.8 Å². The number of hydrogen-bond donors (Lipinski definition) is 0. The van der Waals surface area contributed by atoms with E-state index in [1.165, 1.54) is 23.4 Å². The van der Waals surface area contributed by atoms with E-state index in [0.717, 1.165) is 56.2 Å². The van der Waals surface area contributed by atoms with Crippen molar-refractivity contribution in [2.24, 2.45) is 5.41 Å². The third kappa shape index (κ3) is 2.98. The highest BCUT2D eigenvalue weighted by atomic mass is 19.1. The van der Waals surface area contributed by atoms with E-state index >= 15 is 0 Å². The molecule has 0 amide bonds. The molecular weight excluding hydrogens is 408 g/mol. The van der Waals surface area contributed by atoms with Crippen molar-refractivity contribution in [3.8, 4) is 11.3 Å². The first-order chi connectivity index (χ1) is 15.5. The van der Waals surface area contributed by atoms with Crippen molar-refractivity contribution in [3.05, 3.63) is 77.4 Å². The summed E-state index contributed by atoms with van der Waals surface area (Å²) >= 11 is 0. The van der Waals surface area contributed by atoms with E-state index in [0.29, 0.717) is 17.0 Å². The number of nitrogens with zero attached hydrogens (tertiary/aromatic N) is 5. The minimum absolute atomic E-state index is 0.288. The van der Waals surface area contributed by atoms with Gasteiger partial charge >= 0.3 is 0 Å². The van der Waals surface area contributed by atoms with Crippen molar-refractivity contribution in [1.82, 2.24) is 19.6 Å². The molecule has 0 N–H and O–H groups in total. The third-order valence-corrected chi connectivity index (χ3v) is 7.10. The van der Waals surface area contributed by atoms with Gasteiger partial charge in [-0.05, 0) is 67.9 Å². The average molecular weight is 431 g/mol. The number of fused-ring (bicyclic) bond motifs is 2. The maximum Gasteiger partial charge on any atom is 0.155 e. The number of piperidine rings is 1. The molecule has 6 rings (SSSR count). The first-order valence-electron chi connectivity index (χ1n) is 11.0. The zero-order valence-corrected chi connectivity index (χ0v) is 17.9. The highest BCUT2D eigenvalue weighted by molar-refractivity contribution is 5.75. The summed E-state index contributed by atoms with van der Waals surface area (Å²) in [4.78, 5) is 11.8. The van der Waals surface area contributed by atoms with Crippen LogP contribution in [0.4, 0.5) is 14.6 Å². The number of benzene rings is 1. The van der Waals surface area contributed by atoms with Crippen molar-refractivity contribution in [3.63, 3.8) is 0 Å². The summed E-state index contributed by atoms with van der Waals surface area (Å²) in [7, 11) is 0. The Hall–Kier alpha value is -3.35. The van der Waals surface area contributed by atoms with E-state index in [-0.39, 0.29) is 5.41 Å². The molecule has 4 heterocycles. The molecule has 1 aliphatic heterocycles. The van der Waals surface area contributed by atoms with Gasteiger partial charge in [0.2, 0.25) is 0 Å². The second-order valence-electron chi connectivity index (χ2n) is 9.07. The Morgan fingerprint density at radius 3 is 2.62 bits per heavy atom. The molecule has 4 aromatic rings. The lowest BCUT2D eigenvalue weighted by Gasteiger charge is -2.40. The second-order valence-corrected chi connectivity index (χ2v) is 9.07. The van der Waals surface area contributed by atoms with Gasteiger partial charge in [-0.25, -0.2) is 18.3 Å². The molecule has 0 unspecified atom stereocenters. The maximum absolute atomic E-state index is 14.6. The van der Waals surface area contributed by atoms with Gasteiger partial charge in [0.1, 0.15) is 17.2 Å². The Bertz CT molecular complexity index is 1310. The minimum Gasteiger partial charge on any atom is -0.355 e. The zero-order valence-electron chi connectivity index (χ0n) is 17.9. The van der Waals surface area contributed by atoms with E-state index in [1.54, 1.807) is 10.7 Å². The van der Waals surface area contributed by atoms with E-state index in [9.17, 15) is 8.78 Å². The molecule has 0 radical (unpaired) electrons. The molecule has 7 heteroatoms. The van der Waals surface area contributed by atoms with Crippen LogP contribution in [0.2, 0.25) is 0 Å². The molecular formula is C25H23F2N5. The van der Waals surface area contributed by atoms with Gasteiger partial charge in [0.25, 0.3) is 0 Å². The maximum atomic E-state index is 14.6. The molecule has 1 spiro atoms. The van der Waals surface area contributed by atoms with Crippen LogP contribution in [0.1, 0.15) is 29.8 Å². The first-order valence-corrected chi connectivity index (χ1v) is 11.0. The van der Waals surface area contributed by atoms with Crippen molar-refractivity contribution >= 4 is 11.3 Å². The SMILES string of the molecule is Cc1nc(N2CCC3(CC2)Cc2cccnc2C3)c2ccnn2c1-c1ccc(F)cc1F. The summed E-state index contributed by atoms with van der Waals surface area (Å²) in [6, 6.07) is 9.76.